The zero-order chi connectivity index (χ0) is 13.1. The van der Waals surface area contributed by atoms with Gasteiger partial charge in [0.15, 0.2) is 0 Å². The Labute approximate surface area is 111 Å². The minimum absolute atomic E-state index is 0.664. The largest absolute Gasteiger partial charge is 0.478 e. The van der Waals surface area contributed by atoms with E-state index >= 15 is 0 Å². The molecule has 0 aliphatic heterocycles. The van der Waals surface area contributed by atoms with E-state index in [-0.39, 0.29) is 0 Å². The predicted molar refractivity (Wildman–Crippen MR) is 77.3 cm³/mol. The Kier molecular flexibility index (Phi) is 8.02. The molecule has 0 atom stereocenters. The molecular formula is C15H26N2O. The van der Waals surface area contributed by atoms with Crippen LogP contribution in [0.1, 0.15) is 52.4 Å². The quantitative estimate of drug-likeness (QED) is 0.630. The van der Waals surface area contributed by atoms with Crippen molar-refractivity contribution >= 4 is 5.69 Å². The highest BCUT2D eigenvalue weighted by molar-refractivity contribution is 5.41. The molecule has 102 valence electrons. The first kappa shape index (κ1) is 14.8. The molecule has 0 amide bonds. The molecular weight excluding hydrogens is 224 g/mol. The lowest BCUT2D eigenvalue weighted by molar-refractivity contribution is 0.327. The first-order valence-electron chi connectivity index (χ1n) is 7.19. The van der Waals surface area contributed by atoms with Gasteiger partial charge >= 0.3 is 0 Å². The van der Waals surface area contributed by atoms with Crippen molar-refractivity contribution in [2.45, 2.75) is 52.4 Å². The van der Waals surface area contributed by atoms with Crippen LogP contribution >= 0.6 is 0 Å². The van der Waals surface area contributed by atoms with Crippen LogP contribution in [0, 0.1) is 0 Å². The van der Waals surface area contributed by atoms with Crippen molar-refractivity contribution in [1.29, 1.82) is 0 Å². The van der Waals surface area contributed by atoms with Crippen LogP contribution in [0.2, 0.25) is 0 Å². The van der Waals surface area contributed by atoms with Gasteiger partial charge in [-0.3, -0.25) is 0 Å². The summed E-state index contributed by atoms with van der Waals surface area (Å²) in [5.74, 6) is 0.697. The summed E-state index contributed by atoms with van der Waals surface area (Å²) in [5.41, 5.74) is 1.08. The molecule has 18 heavy (non-hydrogen) atoms. The first-order chi connectivity index (χ1) is 8.86. The second-order valence-corrected chi connectivity index (χ2v) is 4.51. The fourth-order valence-corrected chi connectivity index (χ4v) is 1.86. The molecule has 0 aliphatic rings. The number of rotatable bonds is 10. The number of pyridine rings is 1. The van der Waals surface area contributed by atoms with E-state index in [0.29, 0.717) is 12.5 Å². The third-order valence-electron chi connectivity index (χ3n) is 2.89. The maximum Gasteiger partial charge on any atom is 0.213 e. The van der Waals surface area contributed by atoms with E-state index in [1.165, 1.54) is 38.5 Å². The lowest BCUT2D eigenvalue weighted by Gasteiger charge is -2.07. The summed E-state index contributed by atoms with van der Waals surface area (Å²) in [6.45, 7) is 5.91. The Morgan fingerprint density at radius 1 is 1.06 bits per heavy atom. The van der Waals surface area contributed by atoms with Gasteiger partial charge in [-0.2, -0.15) is 0 Å². The molecule has 0 unspecified atom stereocenters. The van der Waals surface area contributed by atoms with E-state index in [1.54, 1.807) is 0 Å². The lowest BCUT2D eigenvalue weighted by Crippen LogP contribution is -2.02. The number of hydrogen-bond acceptors (Lipinski definition) is 3. The molecule has 0 saturated heterocycles. The zero-order valence-corrected chi connectivity index (χ0v) is 11.7. The average Bonchev–Trinajstić information content (AvgIpc) is 2.40. The standard InChI is InChI=1S/C15H26N2O/c1-3-5-6-7-8-9-12-16-14-10-11-15(17-13-14)18-4-2/h10-11,13,16H,3-9,12H2,1-2H3. The maximum atomic E-state index is 5.30. The van der Waals surface area contributed by atoms with E-state index in [2.05, 4.69) is 17.2 Å². The van der Waals surface area contributed by atoms with Gasteiger partial charge in [0.1, 0.15) is 0 Å². The molecule has 0 aliphatic carbocycles. The third kappa shape index (κ3) is 6.48. The summed E-state index contributed by atoms with van der Waals surface area (Å²) in [5, 5.41) is 3.39. The van der Waals surface area contributed by atoms with Crippen LogP contribution in [0.5, 0.6) is 5.88 Å². The topological polar surface area (TPSA) is 34.1 Å². The highest BCUT2D eigenvalue weighted by atomic mass is 16.5. The summed E-state index contributed by atoms with van der Waals surface area (Å²) in [6, 6.07) is 3.93. The van der Waals surface area contributed by atoms with Crippen LogP contribution in [0.3, 0.4) is 0 Å². The minimum atomic E-state index is 0.664. The summed E-state index contributed by atoms with van der Waals surface area (Å²) < 4.78 is 5.30. The van der Waals surface area contributed by atoms with E-state index in [9.17, 15) is 0 Å². The predicted octanol–water partition coefficient (Wildman–Crippen LogP) is 4.25. The molecule has 3 nitrogen and oxygen atoms in total. The van der Waals surface area contributed by atoms with Crippen molar-refractivity contribution in [2.75, 3.05) is 18.5 Å². The Balaban J connectivity index is 2.08. The van der Waals surface area contributed by atoms with Crippen LogP contribution in [0.15, 0.2) is 18.3 Å². The molecule has 0 radical (unpaired) electrons. The monoisotopic (exact) mass is 250 g/mol. The van der Waals surface area contributed by atoms with Crippen molar-refractivity contribution in [3.63, 3.8) is 0 Å². The fraction of sp³-hybridized carbons (Fsp3) is 0.667. The lowest BCUT2D eigenvalue weighted by atomic mass is 10.1. The van der Waals surface area contributed by atoms with Crippen molar-refractivity contribution in [3.8, 4) is 5.88 Å². The molecule has 1 heterocycles. The van der Waals surface area contributed by atoms with Gasteiger partial charge < -0.3 is 10.1 Å². The van der Waals surface area contributed by atoms with Gasteiger partial charge in [0, 0.05) is 12.6 Å². The Morgan fingerprint density at radius 2 is 1.83 bits per heavy atom. The molecule has 1 rings (SSSR count). The van der Waals surface area contributed by atoms with E-state index in [1.807, 2.05) is 25.3 Å². The highest BCUT2D eigenvalue weighted by Crippen LogP contribution is 2.12. The summed E-state index contributed by atoms with van der Waals surface area (Å²) in [4.78, 5) is 4.22. The van der Waals surface area contributed by atoms with Crippen LogP contribution in [0.25, 0.3) is 0 Å². The van der Waals surface area contributed by atoms with Crippen molar-refractivity contribution in [1.82, 2.24) is 4.98 Å². The van der Waals surface area contributed by atoms with Crippen LogP contribution in [-0.2, 0) is 0 Å². The molecule has 0 fully saturated rings. The number of hydrogen-bond donors (Lipinski definition) is 1. The van der Waals surface area contributed by atoms with Gasteiger partial charge in [0.2, 0.25) is 5.88 Å². The zero-order valence-electron chi connectivity index (χ0n) is 11.7. The average molecular weight is 250 g/mol. The van der Waals surface area contributed by atoms with E-state index in [4.69, 9.17) is 4.74 Å². The Bertz CT molecular complexity index is 298. The summed E-state index contributed by atoms with van der Waals surface area (Å²) in [6.07, 6.45) is 9.81. The molecule has 1 aromatic heterocycles. The van der Waals surface area contributed by atoms with Crippen LogP contribution < -0.4 is 10.1 Å². The van der Waals surface area contributed by atoms with E-state index < -0.39 is 0 Å². The molecule has 0 spiro atoms. The number of nitrogens with one attached hydrogen (secondary N) is 1. The van der Waals surface area contributed by atoms with Gasteiger partial charge in [-0.05, 0) is 19.4 Å². The molecule has 1 N–H and O–H groups in total. The first-order valence-corrected chi connectivity index (χ1v) is 7.19. The number of nitrogens with zero attached hydrogens (tertiary/aromatic N) is 1. The van der Waals surface area contributed by atoms with Crippen LogP contribution in [-0.4, -0.2) is 18.1 Å². The molecule has 3 heteroatoms. The fourth-order valence-electron chi connectivity index (χ4n) is 1.86. The maximum absolute atomic E-state index is 5.30. The number of unbranched alkanes of at least 4 members (excludes halogenated alkanes) is 5. The smallest absolute Gasteiger partial charge is 0.213 e. The summed E-state index contributed by atoms with van der Waals surface area (Å²) in [7, 11) is 0. The van der Waals surface area contributed by atoms with Gasteiger partial charge in [0.25, 0.3) is 0 Å². The third-order valence-corrected chi connectivity index (χ3v) is 2.89. The number of ether oxygens (including phenoxy) is 1. The second-order valence-electron chi connectivity index (χ2n) is 4.51. The Morgan fingerprint density at radius 3 is 2.50 bits per heavy atom. The molecule has 0 bridgehead atoms. The SMILES string of the molecule is CCCCCCCCNc1ccc(OCC)nc1. The highest BCUT2D eigenvalue weighted by Gasteiger charge is 1.95. The molecule has 1 aromatic rings. The van der Waals surface area contributed by atoms with Crippen molar-refractivity contribution < 1.29 is 4.74 Å². The van der Waals surface area contributed by atoms with Crippen molar-refractivity contribution in [2.24, 2.45) is 0 Å². The molecule has 0 aromatic carbocycles. The van der Waals surface area contributed by atoms with Gasteiger partial charge in [-0.1, -0.05) is 39.0 Å². The minimum Gasteiger partial charge on any atom is -0.478 e. The van der Waals surface area contributed by atoms with Crippen LogP contribution in [0.4, 0.5) is 5.69 Å². The van der Waals surface area contributed by atoms with Crippen molar-refractivity contribution in [3.05, 3.63) is 18.3 Å². The Hall–Kier alpha value is -1.25. The summed E-state index contributed by atoms with van der Waals surface area (Å²) >= 11 is 0. The number of anilines is 1. The van der Waals surface area contributed by atoms with Gasteiger partial charge in [-0.25, -0.2) is 4.98 Å². The number of aromatic nitrogens is 1. The normalized spacial score (nSPS) is 10.3. The second kappa shape index (κ2) is 9.75. The van der Waals surface area contributed by atoms with E-state index in [0.717, 1.165) is 12.2 Å². The molecule has 0 saturated carbocycles. The van der Waals surface area contributed by atoms with Gasteiger partial charge in [0.05, 0.1) is 18.5 Å². The van der Waals surface area contributed by atoms with Gasteiger partial charge in [-0.15, -0.1) is 0 Å².